The molecule has 0 saturated carbocycles. The highest BCUT2D eigenvalue weighted by Crippen LogP contribution is 2.24. The van der Waals surface area contributed by atoms with E-state index in [-0.39, 0.29) is 0 Å². The first-order valence-corrected chi connectivity index (χ1v) is 5.27. The zero-order valence-electron chi connectivity index (χ0n) is 8.70. The fourth-order valence-electron chi connectivity index (χ4n) is 1.31. The van der Waals surface area contributed by atoms with Crippen LogP contribution in [0, 0.1) is 0 Å². The van der Waals surface area contributed by atoms with Gasteiger partial charge in [-0.2, -0.15) is 0 Å². The highest BCUT2D eigenvalue weighted by Gasteiger charge is 2.08. The van der Waals surface area contributed by atoms with Crippen molar-refractivity contribution in [1.82, 2.24) is 5.16 Å². The van der Waals surface area contributed by atoms with E-state index < -0.39 is 0 Å². The van der Waals surface area contributed by atoms with Crippen LogP contribution < -0.4 is 0 Å². The predicted molar refractivity (Wildman–Crippen MR) is 61.0 cm³/mol. The Bertz CT molecular complexity index is 445. The Morgan fingerprint density at radius 2 is 1.87 bits per heavy atom. The van der Waals surface area contributed by atoms with Crippen molar-refractivity contribution in [3.05, 3.63) is 41.0 Å². The minimum atomic E-state index is 0.384. The maximum atomic E-state index is 5.81. The Morgan fingerprint density at radius 3 is 2.40 bits per heavy atom. The van der Waals surface area contributed by atoms with E-state index in [1.54, 1.807) is 0 Å². The van der Waals surface area contributed by atoms with Crippen molar-refractivity contribution < 1.29 is 4.52 Å². The molecule has 0 spiro atoms. The van der Waals surface area contributed by atoms with Crippen LogP contribution in [0.5, 0.6) is 0 Å². The van der Waals surface area contributed by atoms with Gasteiger partial charge in [0.1, 0.15) is 0 Å². The number of benzene rings is 1. The van der Waals surface area contributed by atoms with E-state index in [0.29, 0.717) is 5.92 Å². The number of aromatic nitrogens is 1. The average molecular weight is 222 g/mol. The Morgan fingerprint density at radius 1 is 1.20 bits per heavy atom. The minimum absolute atomic E-state index is 0.384. The zero-order valence-corrected chi connectivity index (χ0v) is 9.45. The highest BCUT2D eigenvalue weighted by atomic mass is 35.5. The van der Waals surface area contributed by atoms with Crippen molar-refractivity contribution in [1.29, 1.82) is 0 Å². The van der Waals surface area contributed by atoms with Gasteiger partial charge in [0.05, 0.1) is 5.69 Å². The first-order valence-electron chi connectivity index (χ1n) is 4.89. The molecule has 0 aliphatic rings. The number of rotatable bonds is 2. The third-order valence-electron chi connectivity index (χ3n) is 2.25. The average Bonchev–Trinajstić information content (AvgIpc) is 2.68. The van der Waals surface area contributed by atoms with E-state index in [1.807, 2.05) is 30.3 Å². The molecule has 0 radical (unpaired) electrons. The maximum Gasteiger partial charge on any atom is 0.167 e. The van der Waals surface area contributed by atoms with Gasteiger partial charge in [0.15, 0.2) is 5.76 Å². The van der Waals surface area contributed by atoms with E-state index in [0.717, 1.165) is 22.0 Å². The number of halogens is 1. The van der Waals surface area contributed by atoms with Crippen LogP contribution in [0.15, 0.2) is 34.9 Å². The second-order valence-corrected chi connectivity index (χ2v) is 4.21. The van der Waals surface area contributed by atoms with Crippen LogP contribution in [-0.4, -0.2) is 5.16 Å². The van der Waals surface area contributed by atoms with E-state index >= 15 is 0 Å². The Hall–Kier alpha value is -1.28. The third kappa shape index (κ3) is 2.21. The maximum absolute atomic E-state index is 5.81. The van der Waals surface area contributed by atoms with Gasteiger partial charge in [-0.1, -0.05) is 30.6 Å². The molecule has 0 aliphatic carbocycles. The van der Waals surface area contributed by atoms with Gasteiger partial charge in [0, 0.05) is 16.7 Å². The molecule has 2 aromatic rings. The van der Waals surface area contributed by atoms with Crippen LogP contribution in [-0.2, 0) is 0 Å². The van der Waals surface area contributed by atoms with Crippen molar-refractivity contribution >= 4 is 11.6 Å². The summed E-state index contributed by atoms with van der Waals surface area (Å²) in [5.41, 5.74) is 1.97. The summed E-state index contributed by atoms with van der Waals surface area (Å²) >= 11 is 5.81. The first-order chi connectivity index (χ1) is 7.16. The second-order valence-electron chi connectivity index (χ2n) is 3.78. The number of nitrogens with zero attached hydrogens (tertiary/aromatic N) is 1. The summed E-state index contributed by atoms with van der Waals surface area (Å²) in [5.74, 6) is 1.17. The van der Waals surface area contributed by atoms with Gasteiger partial charge in [-0.15, -0.1) is 0 Å². The lowest BCUT2D eigenvalue weighted by atomic mass is 10.1. The summed E-state index contributed by atoms with van der Waals surface area (Å²) in [4.78, 5) is 0. The molecule has 0 atom stereocenters. The van der Waals surface area contributed by atoms with Crippen LogP contribution in [0.1, 0.15) is 25.5 Å². The molecule has 1 aromatic carbocycles. The van der Waals surface area contributed by atoms with Crippen LogP contribution in [0.25, 0.3) is 11.3 Å². The summed E-state index contributed by atoms with van der Waals surface area (Å²) in [6.07, 6.45) is 0. The molecule has 1 aromatic heterocycles. The normalized spacial score (nSPS) is 10.9. The summed E-state index contributed by atoms with van der Waals surface area (Å²) in [5, 5.41) is 4.73. The van der Waals surface area contributed by atoms with E-state index in [2.05, 4.69) is 19.0 Å². The van der Waals surface area contributed by atoms with Crippen molar-refractivity contribution in [3.8, 4) is 11.3 Å². The largest absolute Gasteiger partial charge is 0.356 e. The van der Waals surface area contributed by atoms with Gasteiger partial charge in [0.25, 0.3) is 0 Å². The molecule has 2 rings (SSSR count). The van der Waals surface area contributed by atoms with Crippen molar-refractivity contribution in [2.24, 2.45) is 0 Å². The molecule has 15 heavy (non-hydrogen) atoms. The molecule has 0 bridgehead atoms. The monoisotopic (exact) mass is 221 g/mol. The van der Waals surface area contributed by atoms with Gasteiger partial charge in [-0.25, -0.2) is 0 Å². The van der Waals surface area contributed by atoms with E-state index in [4.69, 9.17) is 16.1 Å². The molecule has 2 nitrogen and oxygen atoms in total. The smallest absolute Gasteiger partial charge is 0.167 e. The molecule has 0 saturated heterocycles. The topological polar surface area (TPSA) is 26.0 Å². The SMILES string of the molecule is CC(C)c1cc(-c2ccc(Cl)cc2)on1. The molecular formula is C12H12ClNO. The van der Waals surface area contributed by atoms with Gasteiger partial charge < -0.3 is 4.52 Å². The van der Waals surface area contributed by atoms with Crippen LogP contribution >= 0.6 is 11.6 Å². The lowest BCUT2D eigenvalue weighted by molar-refractivity contribution is 0.420. The van der Waals surface area contributed by atoms with E-state index in [9.17, 15) is 0 Å². The fourth-order valence-corrected chi connectivity index (χ4v) is 1.44. The van der Waals surface area contributed by atoms with Gasteiger partial charge >= 0.3 is 0 Å². The zero-order chi connectivity index (χ0) is 10.8. The Balaban J connectivity index is 2.33. The highest BCUT2D eigenvalue weighted by molar-refractivity contribution is 6.30. The quantitative estimate of drug-likeness (QED) is 0.763. The van der Waals surface area contributed by atoms with Crippen molar-refractivity contribution in [2.75, 3.05) is 0 Å². The van der Waals surface area contributed by atoms with Crippen LogP contribution in [0.2, 0.25) is 5.02 Å². The summed E-state index contributed by atoms with van der Waals surface area (Å²) in [6, 6.07) is 9.50. The molecule has 1 heterocycles. The Kier molecular flexibility index (Phi) is 2.78. The molecule has 0 unspecified atom stereocenters. The molecule has 0 fully saturated rings. The Labute approximate surface area is 93.9 Å². The number of hydrogen-bond donors (Lipinski definition) is 0. The first kappa shape index (κ1) is 10.2. The standard InChI is InChI=1S/C12H12ClNO/c1-8(2)11-7-12(15-14-11)9-3-5-10(13)6-4-9/h3-8H,1-2H3. The fraction of sp³-hybridized carbons (Fsp3) is 0.250. The molecule has 0 amide bonds. The lowest BCUT2D eigenvalue weighted by Crippen LogP contribution is -1.84. The van der Waals surface area contributed by atoms with Gasteiger partial charge in [-0.3, -0.25) is 0 Å². The second kappa shape index (κ2) is 4.07. The molecule has 0 aliphatic heterocycles. The number of hydrogen-bond acceptors (Lipinski definition) is 2. The third-order valence-corrected chi connectivity index (χ3v) is 2.50. The summed E-state index contributed by atoms with van der Waals surface area (Å²) in [7, 11) is 0. The van der Waals surface area contributed by atoms with Crippen molar-refractivity contribution in [2.45, 2.75) is 19.8 Å². The van der Waals surface area contributed by atoms with Crippen molar-refractivity contribution in [3.63, 3.8) is 0 Å². The summed E-state index contributed by atoms with van der Waals surface area (Å²) < 4.78 is 5.26. The minimum Gasteiger partial charge on any atom is -0.356 e. The van der Waals surface area contributed by atoms with Gasteiger partial charge in [0.2, 0.25) is 0 Å². The van der Waals surface area contributed by atoms with Gasteiger partial charge in [-0.05, 0) is 30.2 Å². The predicted octanol–water partition coefficient (Wildman–Crippen LogP) is 4.12. The molecule has 3 heteroatoms. The molecule has 78 valence electrons. The lowest BCUT2D eigenvalue weighted by Gasteiger charge is -1.95. The molecule has 0 N–H and O–H groups in total. The summed E-state index contributed by atoms with van der Waals surface area (Å²) in [6.45, 7) is 4.17. The van der Waals surface area contributed by atoms with Crippen LogP contribution in [0.4, 0.5) is 0 Å². The molecular weight excluding hydrogens is 210 g/mol. The van der Waals surface area contributed by atoms with E-state index in [1.165, 1.54) is 0 Å². The van der Waals surface area contributed by atoms with Crippen LogP contribution in [0.3, 0.4) is 0 Å².